The SMILES string of the molecule is CC(C)Cc1cccc(C(NN)c2cc(Cl)ccc2I)c1. The van der Waals surface area contributed by atoms with E-state index < -0.39 is 0 Å². The third-order valence-electron chi connectivity index (χ3n) is 3.36. The van der Waals surface area contributed by atoms with Gasteiger partial charge in [0.15, 0.2) is 0 Å². The van der Waals surface area contributed by atoms with Gasteiger partial charge in [0.1, 0.15) is 0 Å². The van der Waals surface area contributed by atoms with Gasteiger partial charge in [-0.1, -0.05) is 49.7 Å². The lowest BCUT2D eigenvalue weighted by Crippen LogP contribution is -2.29. The molecule has 2 nitrogen and oxygen atoms in total. The average molecular weight is 415 g/mol. The summed E-state index contributed by atoms with van der Waals surface area (Å²) >= 11 is 8.45. The molecular weight excluding hydrogens is 395 g/mol. The molecule has 0 spiro atoms. The van der Waals surface area contributed by atoms with E-state index in [9.17, 15) is 0 Å². The molecule has 1 unspecified atom stereocenters. The van der Waals surface area contributed by atoms with Gasteiger partial charge in [-0.3, -0.25) is 5.84 Å². The standard InChI is InChI=1S/C17H20ClIN2/c1-11(2)8-12-4-3-5-13(9-12)17(21-20)15-10-14(18)6-7-16(15)19/h3-7,9-11,17,21H,8,20H2,1-2H3. The number of nitrogens with one attached hydrogen (secondary N) is 1. The summed E-state index contributed by atoms with van der Waals surface area (Å²) < 4.78 is 1.15. The summed E-state index contributed by atoms with van der Waals surface area (Å²) in [6, 6.07) is 14.4. The first kappa shape index (κ1) is 16.7. The largest absolute Gasteiger partial charge is 0.271 e. The Hall–Kier alpha value is -0.620. The molecule has 2 aromatic carbocycles. The van der Waals surface area contributed by atoms with Crippen molar-refractivity contribution >= 4 is 34.2 Å². The molecule has 0 saturated carbocycles. The molecule has 0 aliphatic carbocycles. The number of benzene rings is 2. The van der Waals surface area contributed by atoms with E-state index in [2.05, 4.69) is 66.1 Å². The summed E-state index contributed by atoms with van der Waals surface area (Å²) in [6.45, 7) is 4.45. The van der Waals surface area contributed by atoms with Crippen LogP contribution in [0.3, 0.4) is 0 Å². The van der Waals surface area contributed by atoms with Crippen molar-refractivity contribution in [1.82, 2.24) is 5.43 Å². The minimum absolute atomic E-state index is 0.0530. The van der Waals surface area contributed by atoms with Crippen molar-refractivity contribution in [3.05, 3.63) is 67.7 Å². The summed E-state index contributed by atoms with van der Waals surface area (Å²) in [5.41, 5.74) is 6.52. The average Bonchev–Trinajstić information content (AvgIpc) is 2.43. The molecule has 0 aliphatic heterocycles. The highest BCUT2D eigenvalue weighted by Crippen LogP contribution is 2.29. The zero-order valence-electron chi connectivity index (χ0n) is 12.2. The molecule has 3 N–H and O–H groups in total. The quantitative estimate of drug-likeness (QED) is 0.423. The molecule has 0 aromatic heterocycles. The molecule has 0 radical (unpaired) electrons. The van der Waals surface area contributed by atoms with Crippen LogP contribution >= 0.6 is 34.2 Å². The Kier molecular flexibility index (Phi) is 6.05. The second-order valence-corrected chi connectivity index (χ2v) is 7.21. The second kappa shape index (κ2) is 7.58. The van der Waals surface area contributed by atoms with Gasteiger partial charge in [0.05, 0.1) is 6.04 Å². The molecule has 0 fully saturated rings. The highest BCUT2D eigenvalue weighted by Gasteiger charge is 2.16. The van der Waals surface area contributed by atoms with Crippen molar-refractivity contribution < 1.29 is 0 Å². The van der Waals surface area contributed by atoms with Gasteiger partial charge < -0.3 is 0 Å². The predicted octanol–water partition coefficient (Wildman–Crippen LogP) is 4.70. The third-order valence-corrected chi connectivity index (χ3v) is 4.58. The normalized spacial score (nSPS) is 12.7. The molecule has 4 heteroatoms. The van der Waals surface area contributed by atoms with Crippen LogP contribution in [0.1, 0.15) is 36.6 Å². The van der Waals surface area contributed by atoms with Gasteiger partial charge in [-0.25, -0.2) is 5.43 Å². The number of hydrogen-bond donors (Lipinski definition) is 2. The summed E-state index contributed by atoms with van der Waals surface area (Å²) in [7, 11) is 0. The van der Waals surface area contributed by atoms with E-state index in [0.29, 0.717) is 5.92 Å². The Morgan fingerprint density at radius 2 is 1.95 bits per heavy atom. The lowest BCUT2D eigenvalue weighted by Gasteiger charge is -2.20. The lowest BCUT2D eigenvalue weighted by atomic mass is 9.95. The molecule has 0 heterocycles. The van der Waals surface area contributed by atoms with E-state index in [1.807, 2.05) is 18.2 Å². The lowest BCUT2D eigenvalue weighted by molar-refractivity contribution is 0.626. The van der Waals surface area contributed by atoms with E-state index in [-0.39, 0.29) is 6.04 Å². The van der Waals surface area contributed by atoms with Crippen molar-refractivity contribution in [2.24, 2.45) is 11.8 Å². The zero-order chi connectivity index (χ0) is 15.4. The number of halogens is 2. The van der Waals surface area contributed by atoms with Gasteiger partial charge in [0.25, 0.3) is 0 Å². The molecule has 2 rings (SSSR count). The highest BCUT2D eigenvalue weighted by atomic mass is 127. The van der Waals surface area contributed by atoms with E-state index in [1.165, 1.54) is 5.56 Å². The molecule has 21 heavy (non-hydrogen) atoms. The topological polar surface area (TPSA) is 38.0 Å². The van der Waals surface area contributed by atoms with Gasteiger partial charge in [0.2, 0.25) is 0 Å². The Labute approximate surface area is 145 Å². The van der Waals surface area contributed by atoms with Crippen LogP contribution in [-0.4, -0.2) is 0 Å². The maximum atomic E-state index is 6.13. The van der Waals surface area contributed by atoms with Crippen LogP contribution in [0.4, 0.5) is 0 Å². The van der Waals surface area contributed by atoms with Crippen molar-refractivity contribution in [3.8, 4) is 0 Å². The van der Waals surface area contributed by atoms with Crippen molar-refractivity contribution in [2.75, 3.05) is 0 Å². The van der Waals surface area contributed by atoms with Crippen LogP contribution in [0.15, 0.2) is 42.5 Å². The molecule has 112 valence electrons. The number of hydrazine groups is 1. The van der Waals surface area contributed by atoms with Crippen LogP contribution in [0, 0.1) is 9.49 Å². The Morgan fingerprint density at radius 1 is 1.19 bits per heavy atom. The molecule has 0 saturated heterocycles. The summed E-state index contributed by atoms with van der Waals surface area (Å²) in [6.07, 6.45) is 1.07. The first-order chi connectivity index (χ1) is 10.0. The van der Waals surface area contributed by atoms with Crippen molar-refractivity contribution in [1.29, 1.82) is 0 Å². The van der Waals surface area contributed by atoms with E-state index in [4.69, 9.17) is 17.4 Å². The molecule has 0 bridgehead atoms. The molecular formula is C17H20ClIN2. The fraction of sp³-hybridized carbons (Fsp3) is 0.294. The summed E-state index contributed by atoms with van der Waals surface area (Å²) in [5.74, 6) is 6.45. The number of rotatable bonds is 5. The number of hydrogen-bond acceptors (Lipinski definition) is 2. The van der Waals surface area contributed by atoms with Crippen LogP contribution in [0.2, 0.25) is 5.02 Å². The molecule has 0 aliphatic rings. The van der Waals surface area contributed by atoms with Gasteiger partial charge >= 0.3 is 0 Å². The Balaban J connectivity index is 2.39. The second-order valence-electron chi connectivity index (χ2n) is 5.61. The van der Waals surface area contributed by atoms with Crippen LogP contribution in [0.25, 0.3) is 0 Å². The monoisotopic (exact) mass is 414 g/mol. The maximum absolute atomic E-state index is 6.13. The van der Waals surface area contributed by atoms with Crippen molar-refractivity contribution in [2.45, 2.75) is 26.3 Å². The number of nitrogens with two attached hydrogens (primary N) is 1. The smallest absolute Gasteiger partial charge is 0.0720 e. The van der Waals surface area contributed by atoms with E-state index in [1.54, 1.807) is 0 Å². The van der Waals surface area contributed by atoms with Gasteiger partial charge in [-0.2, -0.15) is 0 Å². The van der Waals surface area contributed by atoms with Gasteiger partial charge in [-0.05, 0) is 69.8 Å². The van der Waals surface area contributed by atoms with E-state index >= 15 is 0 Å². The van der Waals surface area contributed by atoms with Gasteiger partial charge in [0, 0.05) is 8.59 Å². The fourth-order valence-corrected chi connectivity index (χ4v) is 3.30. The molecule has 1 atom stereocenters. The third kappa shape index (κ3) is 4.42. The predicted molar refractivity (Wildman–Crippen MR) is 98.3 cm³/mol. The molecule has 0 amide bonds. The Bertz CT molecular complexity index is 613. The van der Waals surface area contributed by atoms with Crippen molar-refractivity contribution in [3.63, 3.8) is 0 Å². The summed E-state index contributed by atoms with van der Waals surface area (Å²) in [4.78, 5) is 0. The first-order valence-corrected chi connectivity index (χ1v) is 8.47. The van der Waals surface area contributed by atoms with E-state index in [0.717, 1.165) is 26.1 Å². The minimum atomic E-state index is -0.0530. The van der Waals surface area contributed by atoms with Crippen LogP contribution < -0.4 is 11.3 Å². The minimum Gasteiger partial charge on any atom is -0.271 e. The van der Waals surface area contributed by atoms with Gasteiger partial charge in [-0.15, -0.1) is 0 Å². The highest BCUT2D eigenvalue weighted by molar-refractivity contribution is 14.1. The summed E-state index contributed by atoms with van der Waals surface area (Å²) in [5, 5.41) is 0.726. The maximum Gasteiger partial charge on any atom is 0.0720 e. The molecule has 2 aromatic rings. The fourth-order valence-electron chi connectivity index (χ4n) is 2.47. The Morgan fingerprint density at radius 3 is 2.62 bits per heavy atom. The van der Waals surface area contributed by atoms with Crippen LogP contribution in [0.5, 0.6) is 0 Å². The zero-order valence-corrected chi connectivity index (χ0v) is 15.1. The first-order valence-electron chi connectivity index (χ1n) is 7.01. The van der Waals surface area contributed by atoms with Crippen LogP contribution in [-0.2, 0) is 6.42 Å².